The molecule has 1 aromatic carbocycles. The Balaban J connectivity index is 1.68. The first-order valence-electron chi connectivity index (χ1n) is 6.37. The number of carbonyl (C=O) groups is 1. The number of benzene rings is 1. The average molecular weight is 231 g/mol. The van der Waals surface area contributed by atoms with E-state index in [0.29, 0.717) is 6.61 Å². The smallest absolute Gasteiger partial charge is 0.223 e. The predicted octanol–water partition coefficient (Wildman–Crippen LogP) is 2.43. The van der Waals surface area contributed by atoms with Gasteiger partial charge in [0, 0.05) is 11.5 Å². The van der Waals surface area contributed by atoms with Crippen molar-refractivity contribution >= 4 is 5.91 Å². The number of nitrogens with one attached hydrogen (secondary N) is 1. The summed E-state index contributed by atoms with van der Waals surface area (Å²) in [5.74, 6) is 1.33. The van der Waals surface area contributed by atoms with Gasteiger partial charge in [0.1, 0.15) is 12.4 Å². The maximum atomic E-state index is 12.0. The molecule has 1 heterocycles. The average Bonchev–Trinajstić information content (AvgIpc) is 2.98. The van der Waals surface area contributed by atoms with Crippen molar-refractivity contribution in [3.05, 3.63) is 29.8 Å². The van der Waals surface area contributed by atoms with E-state index in [0.717, 1.165) is 24.2 Å². The minimum Gasteiger partial charge on any atom is -0.491 e. The SMILES string of the molecule is O=C(NC1COc2ccccc21)C1CCCC1. The number of carbonyl (C=O) groups excluding carboxylic acids is 1. The molecule has 1 aliphatic heterocycles. The van der Waals surface area contributed by atoms with E-state index in [9.17, 15) is 4.79 Å². The molecular weight excluding hydrogens is 214 g/mol. The van der Waals surface area contributed by atoms with E-state index in [1.165, 1.54) is 12.8 Å². The lowest BCUT2D eigenvalue weighted by molar-refractivity contribution is -0.125. The zero-order chi connectivity index (χ0) is 11.7. The number of para-hydroxylation sites is 1. The molecule has 2 aliphatic rings. The molecule has 1 unspecified atom stereocenters. The molecule has 0 saturated heterocycles. The van der Waals surface area contributed by atoms with E-state index >= 15 is 0 Å². The van der Waals surface area contributed by atoms with Gasteiger partial charge in [-0.2, -0.15) is 0 Å². The van der Waals surface area contributed by atoms with Crippen LogP contribution in [0.2, 0.25) is 0 Å². The van der Waals surface area contributed by atoms with E-state index in [-0.39, 0.29) is 17.9 Å². The van der Waals surface area contributed by atoms with Crippen molar-refractivity contribution in [1.82, 2.24) is 5.32 Å². The van der Waals surface area contributed by atoms with Crippen LogP contribution in [0.3, 0.4) is 0 Å². The van der Waals surface area contributed by atoms with E-state index in [1.807, 2.05) is 24.3 Å². The Morgan fingerprint density at radius 1 is 1.24 bits per heavy atom. The van der Waals surface area contributed by atoms with Gasteiger partial charge in [-0.1, -0.05) is 31.0 Å². The summed E-state index contributed by atoms with van der Waals surface area (Å²) in [6, 6.07) is 7.97. The fraction of sp³-hybridized carbons (Fsp3) is 0.500. The number of hydrogen-bond acceptors (Lipinski definition) is 2. The maximum absolute atomic E-state index is 12.0. The van der Waals surface area contributed by atoms with E-state index in [2.05, 4.69) is 5.32 Å². The van der Waals surface area contributed by atoms with Gasteiger partial charge in [0.05, 0.1) is 6.04 Å². The van der Waals surface area contributed by atoms with Gasteiger partial charge in [0.15, 0.2) is 0 Å². The van der Waals surface area contributed by atoms with E-state index in [4.69, 9.17) is 4.74 Å². The van der Waals surface area contributed by atoms with Gasteiger partial charge in [-0.25, -0.2) is 0 Å². The Kier molecular flexibility index (Phi) is 2.75. The summed E-state index contributed by atoms with van der Waals surface area (Å²) in [7, 11) is 0. The van der Waals surface area contributed by atoms with Crippen molar-refractivity contribution in [2.24, 2.45) is 5.92 Å². The van der Waals surface area contributed by atoms with Crippen LogP contribution in [-0.4, -0.2) is 12.5 Å². The van der Waals surface area contributed by atoms with Crippen molar-refractivity contribution in [3.63, 3.8) is 0 Å². The van der Waals surface area contributed by atoms with Crippen molar-refractivity contribution in [3.8, 4) is 5.75 Å². The third kappa shape index (κ3) is 2.02. The van der Waals surface area contributed by atoms with Gasteiger partial charge in [-0.3, -0.25) is 4.79 Å². The molecule has 1 aromatic rings. The number of rotatable bonds is 2. The van der Waals surface area contributed by atoms with Crippen LogP contribution in [0, 0.1) is 5.92 Å². The fourth-order valence-electron chi connectivity index (χ4n) is 2.76. The largest absolute Gasteiger partial charge is 0.491 e. The summed E-state index contributed by atoms with van der Waals surface area (Å²) < 4.78 is 5.56. The zero-order valence-corrected chi connectivity index (χ0v) is 9.82. The van der Waals surface area contributed by atoms with Crippen molar-refractivity contribution in [1.29, 1.82) is 0 Å². The van der Waals surface area contributed by atoms with Crippen LogP contribution in [0.5, 0.6) is 5.75 Å². The van der Waals surface area contributed by atoms with Crippen molar-refractivity contribution < 1.29 is 9.53 Å². The van der Waals surface area contributed by atoms with E-state index < -0.39 is 0 Å². The van der Waals surface area contributed by atoms with Crippen LogP contribution >= 0.6 is 0 Å². The van der Waals surface area contributed by atoms with Crippen molar-refractivity contribution in [2.75, 3.05) is 6.61 Å². The Hall–Kier alpha value is -1.51. The minimum absolute atomic E-state index is 0.0410. The highest BCUT2D eigenvalue weighted by molar-refractivity contribution is 5.79. The molecule has 17 heavy (non-hydrogen) atoms. The zero-order valence-electron chi connectivity index (χ0n) is 9.82. The van der Waals surface area contributed by atoms with Crippen molar-refractivity contribution in [2.45, 2.75) is 31.7 Å². The maximum Gasteiger partial charge on any atom is 0.223 e. The Morgan fingerprint density at radius 2 is 2.00 bits per heavy atom. The Labute approximate surface area is 101 Å². The predicted molar refractivity (Wildman–Crippen MR) is 64.8 cm³/mol. The standard InChI is InChI=1S/C14H17NO2/c16-14(10-5-1-2-6-10)15-12-9-17-13-8-4-3-7-11(12)13/h3-4,7-8,10,12H,1-2,5-6,9H2,(H,15,16). The summed E-state index contributed by atoms with van der Waals surface area (Å²) in [5, 5.41) is 3.11. The lowest BCUT2D eigenvalue weighted by atomic mass is 10.0. The van der Waals surface area contributed by atoms with Crippen LogP contribution < -0.4 is 10.1 Å². The molecule has 1 atom stereocenters. The summed E-state index contributed by atoms with van der Waals surface area (Å²) in [5.41, 5.74) is 1.11. The van der Waals surface area contributed by atoms with Gasteiger partial charge in [0.25, 0.3) is 0 Å². The van der Waals surface area contributed by atoms with Gasteiger partial charge < -0.3 is 10.1 Å². The molecule has 3 rings (SSSR count). The topological polar surface area (TPSA) is 38.3 Å². The third-order valence-electron chi connectivity index (χ3n) is 3.74. The molecular formula is C14H17NO2. The fourth-order valence-corrected chi connectivity index (χ4v) is 2.76. The first-order chi connectivity index (χ1) is 8.34. The molecule has 0 radical (unpaired) electrons. The molecule has 0 spiro atoms. The van der Waals surface area contributed by atoms with Gasteiger partial charge in [-0.05, 0) is 18.9 Å². The molecule has 1 N–H and O–H groups in total. The van der Waals surface area contributed by atoms with Crippen LogP contribution in [0.1, 0.15) is 37.3 Å². The van der Waals surface area contributed by atoms with Crippen LogP contribution in [0.25, 0.3) is 0 Å². The highest BCUT2D eigenvalue weighted by atomic mass is 16.5. The van der Waals surface area contributed by atoms with Gasteiger partial charge in [0.2, 0.25) is 5.91 Å². The highest BCUT2D eigenvalue weighted by Gasteiger charge is 2.29. The van der Waals surface area contributed by atoms with Gasteiger partial charge >= 0.3 is 0 Å². The molecule has 0 aromatic heterocycles. The first-order valence-corrected chi connectivity index (χ1v) is 6.37. The van der Waals surface area contributed by atoms with E-state index in [1.54, 1.807) is 0 Å². The summed E-state index contributed by atoms with van der Waals surface area (Å²) in [6.45, 7) is 0.567. The van der Waals surface area contributed by atoms with Crippen LogP contribution in [-0.2, 0) is 4.79 Å². The number of amides is 1. The Morgan fingerprint density at radius 3 is 2.82 bits per heavy atom. The van der Waals surface area contributed by atoms with Crippen LogP contribution in [0.15, 0.2) is 24.3 Å². The molecule has 1 aliphatic carbocycles. The summed E-state index contributed by atoms with van der Waals surface area (Å²) >= 11 is 0. The lowest BCUT2D eigenvalue weighted by Crippen LogP contribution is -2.33. The molecule has 3 heteroatoms. The molecule has 1 amide bonds. The summed E-state index contributed by atoms with van der Waals surface area (Å²) in [6.07, 6.45) is 4.47. The molecule has 1 fully saturated rings. The lowest BCUT2D eigenvalue weighted by Gasteiger charge is -2.15. The number of fused-ring (bicyclic) bond motifs is 1. The molecule has 3 nitrogen and oxygen atoms in total. The number of hydrogen-bond donors (Lipinski definition) is 1. The summed E-state index contributed by atoms with van der Waals surface area (Å²) in [4.78, 5) is 12.0. The normalized spacial score (nSPS) is 23.2. The second-order valence-electron chi connectivity index (χ2n) is 4.89. The molecule has 90 valence electrons. The second-order valence-corrected chi connectivity index (χ2v) is 4.89. The second kappa shape index (κ2) is 4.40. The first kappa shape index (κ1) is 10.6. The molecule has 1 saturated carbocycles. The quantitative estimate of drug-likeness (QED) is 0.849. The third-order valence-corrected chi connectivity index (χ3v) is 3.74. The van der Waals surface area contributed by atoms with Gasteiger partial charge in [-0.15, -0.1) is 0 Å². The Bertz CT molecular complexity index is 424. The highest BCUT2D eigenvalue weighted by Crippen LogP contribution is 2.32. The minimum atomic E-state index is 0.0410. The number of ether oxygens (including phenoxy) is 1. The molecule has 0 bridgehead atoms. The monoisotopic (exact) mass is 231 g/mol. The van der Waals surface area contributed by atoms with Crippen LogP contribution in [0.4, 0.5) is 0 Å².